The highest BCUT2D eigenvalue weighted by atomic mass is 35.5. The van der Waals surface area contributed by atoms with Crippen molar-refractivity contribution in [3.05, 3.63) is 260 Å². The van der Waals surface area contributed by atoms with E-state index >= 15 is 0 Å². The van der Waals surface area contributed by atoms with E-state index in [-0.39, 0.29) is 31.4 Å². The van der Waals surface area contributed by atoms with Crippen LogP contribution in [0.3, 0.4) is 0 Å². The lowest BCUT2D eigenvalue weighted by molar-refractivity contribution is 0.102. The third kappa shape index (κ3) is 14.8. The molecule has 0 amide bonds. The molecule has 20 heteroatoms. The van der Waals surface area contributed by atoms with Crippen LogP contribution in [0.4, 0.5) is 4.39 Å². The van der Waals surface area contributed by atoms with Gasteiger partial charge in [0.05, 0.1) is 50.3 Å². The van der Waals surface area contributed by atoms with E-state index < -0.39 is 5.82 Å². The van der Waals surface area contributed by atoms with Crippen LogP contribution >= 0.6 is 34.8 Å². The van der Waals surface area contributed by atoms with Gasteiger partial charge >= 0.3 is 0 Å². The van der Waals surface area contributed by atoms with Gasteiger partial charge in [-0.1, -0.05) is 90.8 Å². The topological polar surface area (TPSA) is 202 Å². The predicted molar refractivity (Wildman–Crippen MR) is 347 cm³/mol. The number of para-hydroxylation sites is 3. The van der Waals surface area contributed by atoms with Crippen LogP contribution in [-0.4, -0.2) is 74.7 Å². The average molecular weight is 1270 g/mol. The zero-order valence-electron chi connectivity index (χ0n) is 48.4. The minimum Gasteiger partial charge on any atom is -0.495 e. The average Bonchev–Trinajstić information content (AvgIpc) is 1.60. The molecular weight excluding hydrogens is 1210 g/mol. The van der Waals surface area contributed by atoms with E-state index in [4.69, 9.17) is 68.0 Å². The summed E-state index contributed by atoms with van der Waals surface area (Å²) in [5, 5.41) is 3.81. The first-order valence-corrected chi connectivity index (χ1v) is 29.0. The maximum Gasteiger partial charge on any atom is 0.199 e. The first-order valence-electron chi connectivity index (χ1n) is 27.8. The van der Waals surface area contributed by atoms with Crippen LogP contribution in [0.1, 0.15) is 85.7 Å². The Hall–Kier alpha value is -10.2. The van der Waals surface area contributed by atoms with E-state index in [9.17, 15) is 18.8 Å². The smallest absolute Gasteiger partial charge is 0.199 e. The van der Waals surface area contributed by atoms with Crippen molar-refractivity contribution in [3.8, 4) is 40.2 Å². The highest BCUT2D eigenvalue weighted by Crippen LogP contribution is 2.38. The zero-order valence-corrected chi connectivity index (χ0v) is 50.6. The molecule has 6 heterocycles. The molecule has 0 aliphatic rings. The maximum atomic E-state index is 14.1. The van der Waals surface area contributed by atoms with Crippen molar-refractivity contribution in [3.63, 3.8) is 0 Å². The summed E-state index contributed by atoms with van der Waals surface area (Å²) < 4.78 is 54.2. The molecule has 12 aromatic rings. The van der Waals surface area contributed by atoms with Crippen LogP contribution in [0.5, 0.6) is 40.2 Å². The minimum absolute atomic E-state index is 0. The molecule has 3 N–H and O–H groups in total. The van der Waals surface area contributed by atoms with Gasteiger partial charge in [-0.15, -0.1) is 0 Å². The summed E-state index contributed by atoms with van der Waals surface area (Å²) in [6.07, 6.45) is 9.88. The van der Waals surface area contributed by atoms with E-state index in [1.807, 2.05) is 80.6 Å². The summed E-state index contributed by atoms with van der Waals surface area (Å²) in [5.74, 6) is 1.98. The third-order valence-electron chi connectivity index (χ3n) is 13.8. The summed E-state index contributed by atoms with van der Waals surface area (Å²) in [4.78, 5) is 61.7. The van der Waals surface area contributed by atoms with Crippen molar-refractivity contribution >= 4 is 85.3 Å². The second kappa shape index (κ2) is 30.1. The van der Waals surface area contributed by atoms with Gasteiger partial charge in [-0.3, -0.25) is 14.4 Å². The number of methoxy groups -OCH3 is 2. The molecule has 0 saturated heterocycles. The number of rotatable bonds is 21. The van der Waals surface area contributed by atoms with Gasteiger partial charge in [-0.05, 0) is 128 Å². The number of aromatic amines is 3. The van der Waals surface area contributed by atoms with Crippen molar-refractivity contribution in [1.82, 2.24) is 29.9 Å². The number of nitrogens with one attached hydrogen (secondary N) is 3. The normalized spacial score (nSPS) is 10.7. The molecule has 0 aliphatic heterocycles. The lowest BCUT2D eigenvalue weighted by Gasteiger charge is -2.15. The first kappa shape index (κ1) is 64.3. The summed E-state index contributed by atoms with van der Waals surface area (Å²) in [6.45, 7) is 5.05. The van der Waals surface area contributed by atoms with Crippen LogP contribution in [-0.2, 0) is 19.8 Å². The second-order valence-corrected chi connectivity index (χ2v) is 20.8. The number of fused-ring (bicyclic) bond motifs is 3. The highest BCUT2D eigenvalue weighted by Gasteiger charge is 2.25. The number of carbonyl (C=O) groups is 3. The molecule has 0 fully saturated rings. The van der Waals surface area contributed by atoms with Crippen LogP contribution in [0.15, 0.2) is 189 Å². The molecule has 0 saturated carbocycles. The number of ether oxygens (including phenoxy) is 7. The van der Waals surface area contributed by atoms with Gasteiger partial charge in [0, 0.05) is 84.5 Å². The van der Waals surface area contributed by atoms with Crippen LogP contribution < -0.4 is 33.2 Å². The lowest BCUT2D eigenvalue weighted by Crippen LogP contribution is -2.08. The number of aromatic nitrogens is 6. The number of H-pyrrole nitrogens is 3. The van der Waals surface area contributed by atoms with Gasteiger partial charge in [0.15, 0.2) is 51.8 Å². The molecule has 0 bridgehead atoms. The number of ketones is 3. The molecule has 12 rings (SSSR count). The summed E-state index contributed by atoms with van der Waals surface area (Å²) in [6, 6.07) is 43.9. The third-order valence-corrected chi connectivity index (χ3v) is 14.6. The van der Waals surface area contributed by atoms with Crippen molar-refractivity contribution in [2.45, 2.75) is 41.1 Å². The highest BCUT2D eigenvalue weighted by molar-refractivity contribution is 6.31. The van der Waals surface area contributed by atoms with Gasteiger partial charge in [0.1, 0.15) is 48.3 Å². The SMILES string of the molecule is C.CCOc1c(OCc2ccc(Cl)cc2)cccc1C(=O)c1c[nH]c2ncccc12.CCOc1c(OCc2ccc(Cl)cc2F)cccc1C(=O)c1c[nH]c2ncc(OC)cc12.COc1c(OCc2ccc(Cl)cc2)cccc1C(=O)c1c[nH]c2ncccc12. The predicted octanol–water partition coefficient (Wildman–Crippen LogP) is 16.7. The number of nitrogens with zero attached hydrogens (tertiary/aromatic N) is 3. The summed E-state index contributed by atoms with van der Waals surface area (Å²) in [5.41, 5.74) is 6.89. The van der Waals surface area contributed by atoms with Crippen LogP contribution in [0.2, 0.25) is 15.1 Å². The van der Waals surface area contributed by atoms with Crippen LogP contribution in [0.25, 0.3) is 33.1 Å². The number of pyridine rings is 3. The molecule has 0 spiro atoms. The van der Waals surface area contributed by atoms with Crippen molar-refractivity contribution in [2.75, 3.05) is 27.4 Å². The van der Waals surface area contributed by atoms with E-state index in [1.54, 1.807) is 116 Å². The number of hydrogen-bond donors (Lipinski definition) is 3. The molecule has 0 atom stereocenters. The van der Waals surface area contributed by atoms with Crippen LogP contribution in [0, 0.1) is 5.82 Å². The number of halogens is 4. The molecule has 0 radical (unpaired) electrons. The minimum atomic E-state index is -0.470. The quantitative estimate of drug-likeness (QED) is 0.0574. The molecular formula is C70H60Cl3FN6O10. The molecule has 6 aromatic carbocycles. The standard InChI is InChI=1S/C24H20ClFN2O4.C23H19ClN2O3.C22H17ClN2O3.CH4/c1-3-31-23-17(22(29)19-12-28-24-18(19)10-16(30-2)11-27-24)5-4-6-21(23)32-13-14-7-8-15(25)9-20(14)26;1-2-28-22-18(21(27)19-13-26-23-17(19)6-4-12-25-23)5-3-7-20(22)29-14-15-8-10-16(24)11-9-15;1-27-21-17(20(26)18-12-25-22-16(18)5-3-11-24-22)4-2-6-19(21)28-13-14-7-9-15(23)10-8-14;/h4-12H,3,13H2,1-2H3,(H,27,28);3-13H,2,14H2,1H3,(H,25,26);2-12H,13H2,1H3,(H,24,25);1H4. The number of carbonyl (C=O) groups excluding carboxylic acids is 3. The Kier molecular flexibility index (Phi) is 21.5. The second-order valence-electron chi connectivity index (χ2n) is 19.5. The summed E-state index contributed by atoms with van der Waals surface area (Å²) >= 11 is 17.7. The Balaban J connectivity index is 0.000000160. The first-order chi connectivity index (χ1) is 43.3. The fourth-order valence-electron chi connectivity index (χ4n) is 9.51. The van der Waals surface area contributed by atoms with E-state index in [0.29, 0.717) is 143 Å². The Bertz CT molecular complexity index is 4480. The van der Waals surface area contributed by atoms with Gasteiger partial charge < -0.3 is 48.1 Å². The fourth-order valence-corrected chi connectivity index (χ4v) is 9.92. The Morgan fingerprint density at radius 2 is 0.867 bits per heavy atom. The molecule has 458 valence electrons. The maximum absolute atomic E-state index is 14.1. The van der Waals surface area contributed by atoms with Gasteiger partial charge in [0.25, 0.3) is 0 Å². The largest absolute Gasteiger partial charge is 0.495 e. The number of benzene rings is 6. The van der Waals surface area contributed by atoms with Crippen molar-refractivity contribution in [2.24, 2.45) is 0 Å². The molecule has 16 nitrogen and oxygen atoms in total. The fraction of sp³-hybridized carbons (Fsp3) is 0.143. The number of hydrogen-bond acceptors (Lipinski definition) is 13. The van der Waals surface area contributed by atoms with E-state index in [1.165, 1.54) is 20.3 Å². The molecule has 0 unspecified atom stereocenters. The summed E-state index contributed by atoms with van der Waals surface area (Å²) in [7, 11) is 3.06. The zero-order chi connectivity index (χ0) is 62.4. The molecule has 90 heavy (non-hydrogen) atoms. The molecule has 0 aliphatic carbocycles. The monoisotopic (exact) mass is 1270 g/mol. The molecule has 6 aromatic heterocycles. The van der Waals surface area contributed by atoms with Gasteiger partial charge in [-0.25, -0.2) is 19.3 Å². The Morgan fingerprint density at radius 3 is 1.31 bits per heavy atom. The van der Waals surface area contributed by atoms with Crippen molar-refractivity contribution < 1.29 is 51.9 Å². The lowest BCUT2D eigenvalue weighted by atomic mass is 10.0. The Labute approximate surface area is 532 Å². The Morgan fingerprint density at radius 1 is 0.444 bits per heavy atom. The van der Waals surface area contributed by atoms with E-state index in [0.717, 1.165) is 21.9 Å². The van der Waals surface area contributed by atoms with Gasteiger partial charge in [-0.2, -0.15) is 0 Å². The van der Waals surface area contributed by atoms with Crippen molar-refractivity contribution in [1.29, 1.82) is 0 Å². The van der Waals surface area contributed by atoms with Gasteiger partial charge in [0.2, 0.25) is 0 Å². The van der Waals surface area contributed by atoms with E-state index in [2.05, 4.69) is 29.9 Å².